The van der Waals surface area contributed by atoms with Crippen molar-refractivity contribution in [3.8, 4) is 0 Å². The van der Waals surface area contributed by atoms with Gasteiger partial charge < -0.3 is 15.3 Å². The number of amides is 1. The highest BCUT2D eigenvalue weighted by atomic mass is 35.5. The number of nitrogens with one attached hydrogen (secondary N) is 1. The lowest BCUT2D eigenvalue weighted by Gasteiger charge is -2.31. The molecule has 0 bridgehead atoms. The maximum Gasteiger partial charge on any atom is 0.225 e. The number of benzene rings is 1. The molecule has 0 saturated carbocycles. The highest BCUT2D eigenvalue weighted by Crippen LogP contribution is 2.17. The van der Waals surface area contributed by atoms with E-state index in [0.717, 1.165) is 38.2 Å². The van der Waals surface area contributed by atoms with Crippen LogP contribution in [0.4, 0.5) is 5.69 Å². The van der Waals surface area contributed by atoms with Crippen LogP contribution in [0, 0.1) is 5.92 Å². The van der Waals surface area contributed by atoms with E-state index in [-0.39, 0.29) is 12.5 Å². The molecule has 110 valence electrons. The monoisotopic (exact) mass is 296 g/mol. The molecule has 0 spiro atoms. The number of likely N-dealkylation sites (tertiary alicyclic amines) is 1. The first kappa shape index (κ1) is 15.3. The average molecular weight is 297 g/mol. The van der Waals surface area contributed by atoms with Gasteiger partial charge in [-0.2, -0.15) is 0 Å². The standard InChI is InChI=1S/C15H21ClN2O2/c16-13-4-1-5-14(9-13)17-15(20)6-8-18-7-2-3-12(10-18)11-19/h1,4-5,9,12,19H,2-3,6-8,10-11H2,(H,17,20). The van der Waals surface area contributed by atoms with E-state index >= 15 is 0 Å². The van der Waals surface area contributed by atoms with E-state index < -0.39 is 0 Å². The lowest BCUT2D eigenvalue weighted by atomic mass is 9.99. The summed E-state index contributed by atoms with van der Waals surface area (Å²) in [6, 6.07) is 7.16. The molecule has 1 aliphatic rings. The van der Waals surface area contributed by atoms with Gasteiger partial charge in [-0.25, -0.2) is 0 Å². The summed E-state index contributed by atoms with van der Waals surface area (Å²) in [5.41, 5.74) is 0.731. The van der Waals surface area contributed by atoms with Gasteiger partial charge in [0.2, 0.25) is 5.91 Å². The number of anilines is 1. The average Bonchev–Trinajstić information content (AvgIpc) is 2.45. The van der Waals surface area contributed by atoms with Crippen molar-refractivity contribution in [2.24, 2.45) is 5.92 Å². The zero-order chi connectivity index (χ0) is 14.4. The minimum absolute atomic E-state index is 0.00149. The number of carbonyl (C=O) groups excluding carboxylic acids is 1. The number of carbonyl (C=O) groups is 1. The normalized spacial score (nSPS) is 19.8. The Morgan fingerprint density at radius 2 is 2.35 bits per heavy atom. The summed E-state index contributed by atoms with van der Waals surface area (Å²) in [5, 5.41) is 12.7. The smallest absolute Gasteiger partial charge is 0.225 e. The van der Waals surface area contributed by atoms with Gasteiger partial charge in [0, 0.05) is 36.8 Å². The number of rotatable bonds is 5. The third-order valence-corrected chi connectivity index (χ3v) is 3.86. The van der Waals surface area contributed by atoms with Crippen LogP contribution in [0.3, 0.4) is 0 Å². The summed E-state index contributed by atoms with van der Waals surface area (Å²) in [6.07, 6.45) is 2.65. The molecular formula is C15H21ClN2O2. The Hall–Kier alpha value is -1.10. The Morgan fingerprint density at radius 1 is 1.50 bits per heavy atom. The number of nitrogens with zero attached hydrogens (tertiary/aromatic N) is 1. The van der Waals surface area contributed by atoms with Crippen LogP contribution >= 0.6 is 11.6 Å². The van der Waals surface area contributed by atoms with Crippen LogP contribution in [0.25, 0.3) is 0 Å². The van der Waals surface area contributed by atoms with Gasteiger partial charge in [-0.1, -0.05) is 17.7 Å². The van der Waals surface area contributed by atoms with Crippen molar-refractivity contribution in [3.05, 3.63) is 29.3 Å². The minimum Gasteiger partial charge on any atom is -0.396 e. The Bertz CT molecular complexity index is 453. The SMILES string of the molecule is O=C(CCN1CCCC(CO)C1)Nc1cccc(Cl)c1. The fourth-order valence-corrected chi connectivity index (χ4v) is 2.74. The molecule has 1 unspecified atom stereocenters. The number of piperidine rings is 1. The predicted molar refractivity (Wildman–Crippen MR) is 80.9 cm³/mol. The van der Waals surface area contributed by atoms with Crippen molar-refractivity contribution in [1.29, 1.82) is 0 Å². The summed E-state index contributed by atoms with van der Waals surface area (Å²) < 4.78 is 0. The molecule has 0 radical (unpaired) electrons. The van der Waals surface area contributed by atoms with Crippen LogP contribution in [0.5, 0.6) is 0 Å². The summed E-state index contributed by atoms with van der Waals surface area (Å²) >= 11 is 5.88. The summed E-state index contributed by atoms with van der Waals surface area (Å²) in [5.74, 6) is 0.359. The van der Waals surface area contributed by atoms with Gasteiger partial charge in [0.05, 0.1) is 0 Å². The molecule has 1 atom stereocenters. The Morgan fingerprint density at radius 3 is 3.10 bits per heavy atom. The summed E-state index contributed by atoms with van der Waals surface area (Å²) in [6.45, 7) is 2.88. The van der Waals surface area contributed by atoms with Crippen molar-refractivity contribution in [1.82, 2.24) is 4.90 Å². The maximum absolute atomic E-state index is 11.9. The molecule has 1 fully saturated rings. The van der Waals surface area contributed by atoms with E-state index in [1.807, 2.05) is 12.1 Å². The van der Waals surface area contributed by atoms with E-state index in [0.29, 0.717) is 17.4 Å². The van der Waals surface area contributed by atoms with Gasteiger partial charge >= 0.3 is 0 Å². The molecule has 2 rings (SSSR count). The lowest BCUT2D eigenvalue weighted by molar-refractivity contribution is -0.116. The van der Waals surface area contributed by atoms with Gasteiger partial charge in [-0.3, -0.25) is 4.79 Å². The van der Waals surface area contributed by atoms with Gasteiger partial charge in [0.15, 0.2) is 0 Å². The highest BCUT2D eigenvalue weighted by molar-refractivity contribution is 6.30. The molecule has 0 aromatic heterocycles. The Kier molecular flexibility index (Phi) is 5.83. The second kappa shape index (κ2) is 7.62. The van der Waals surface area contributed by atoms with E-state index in [4.69, 9.17) is 11.6 Å². The molecule has 1 aliphatic heterocycles. The molecule has 5 heteroatoms. The molecule has 1 amide bonds. The Balaban J connectivity index is 1.75. The second-order valence-corrected chi connectivity index (χ2v) is 5.74. The topological polar surface area (TPSA) is 52.6 Å². The van der Waals surface area contributed by atoms with Crippen LogP contribution in [-0.2, 0) is 4.79 Å². The molecular weight excluding hydrogens is 276 g/mol. The maximum atomic E-state index is 11.9. The zero-order valence-corrected chi connectivity index (χ0v) is 12.3. The van der Waals surface area contributed by atoms with E-state index in [9.17, 15) is 9.90 Å². The molecule has 1 saturated heterocycles. The van der Waals surface area contributed by atoms with E-state index in [2.05, 4.69) is 10.2 Å². The van der Waals surface area contributed by atoms with Crippen LogP contribution in [0.1, 0.15) is 19.3 Å². The number of aliphatic hydroxyl groups is 1. The highest BCUT2D eigenvalue weighted by Gasteiger charge is 2.19. The molecule has 0 aliphatic carbocycles. The van der Waals surface area contributed by atoms with Gasteiger partial charge in [0.1, 0.15) is 0 Å². The first-order valence-electron chi connectivity index (χ1n) is 7.06. The fraction of sp³-hybridized carbons (Fsp3) is 0.533. The van der Waals surface area contributed by atoms with Crippen molar-refractivity contribution in [3.63, 3.8) is 0 Å². The lowest BCUT2D eigenvalue weighted by Crippen LogP contribution is -2.38. The number of halogens is 1. The summed E-state index contributed by atoms with van der Waals surface area (Å²) in [4.78, 5) is 14.1. The molecule has 2 N–H and O–H groups in total. The fourth-order valence-electron chi connectivity index (χ4n) is 2.55. The molecule has 20 heavy (non-hydrogen) atoms. The van der Waals surface area contributed by atoms with Crippen molar-refractivity contribution >= 4 is 23.2 Å². The van der Waals surface area contributed by atoms with Crippen molar-refractivity contribution in [2.75, 3.05) is 31.6 Å². The first-order valence-corrected chi connectivity index (χ1v) is 7.44. The first-order chi connectivity index (χ1) is 9.67. The zero-order valence-electron chi connectivity index (χ0n) is 11.5. The van der Waals surface area contributed by atoms with Crippen LogP contribution < -0.4 is 5.32 Å². The molecule has 4 nitrogen and oxygen atoms in total. The van der Waals surface area contributed by atoms with Crippen LogP contribution in [-0.4, -0.2) is 42.2 Å². The quantitative estimate of drug-likeness (QED) is 0.877. The van der Waals surface area contributed by atoms with Gasteiger partial charge in [-0.15, -0.1) is 0 Å². The third kappa shape index (κ3) is 4.78. The second-order valence-electron chi connectivity index (χ2n) is 5.30. The van der Waals surface area contributed by atoms with Gasteiger partial charge in [0.25, 0.3) is 0 Å². The number of hydrogen-bond acceptors (Lipinski definition) is 3. The third-order valence-electron chi connectivity index (χ3n) is 3.62. The predicted octanol–water partition coefficient (Wildman–Crippen LogP) is 2.37. The summed E-state index contributed by atoms with van der Waals surface area (Å²) in [7, 11) is 0. The van der Waals surface area contributed by atoms with E-state index in [1.165, 1.54) is 0 Å². The minimum atomic E-state index is -0.00149. The molecule has 1 heterocycles. The molecule has 1 aromatic rings. The molecule has 1 aromatic carbocycles. The van der Waals surface area contributed by atoms with E-state index in [1.54, 1.807) is 12.1 Å². The Labute approximate surface area is 124 Å². The van der Waals surface area contributed by atoms with Gasteiger partial charge in [-0.05, 0) is 43.5 Å². The largest absolute Gasteiger partial charge is 0.396 e. The number of aliphatic hydroxyl groups excluding tert-OH is 1. The van der Waals surface area contributed by atoms with Crippen LogP contribution in [0.15, 0.2) is 24.3 Å². The van der Waals surface area contributed by atoms with Crippen molar-refractivity contribution in [2.45, 2.75) is 19.3 Å². The van der Waals surface area contributed by atoms with Crippen LogP contribution in [0.2, 0.25) is 5.02 Å². The number of hydrogen-bond donors (Lipinski definition) is 2. The van der Waals surface area contributed by atoms with Crippen molar-refractivity contribution < 1.29 is 9.90 Å².